The molecule has 1 aliphatic carbocycles. The molecule has 0 atom stereocenters. The van der Waals surface area contributed by atoms with Crippen molar-refractivity contribution in [3.05, 3.63) is 57.2 Å². The summed E-state index contributed by atoms with van der Waals surface area (Å²) in [6.45, 7) is 0.594. The van der Waals surface area contributed by atoms with Crippen LogP contribution in [0.15, 0.2) is 41.0 Å². The van der Waals surface area contributed by atoms with Crippen molar-refractivity contribution in [1.29, 1.82) is 0 Å². The Hall–Kier alpha value is -1.92. The number of benzene rings is 1. The number of halogens is 2. The van der Waals surface area contributed by atoms with E-state index in [2.05, 4.69) is 26.2 Å². The molecule has 1 N–H and O–H groups in total. The van der Waals surface area contributed by atoms with Crippen LogP contribution in [0.25, 0.3) is 0 Å². The lowest BCUT2D eigenvalue weighted by Gasteiger charge is -2.34. The first-order valence-electron chi connectivity index (χ1n) is 7.98. The molecule has 2 aromatic rings. The van der Waals surface area contributed by atoms with Gasteiger partial charge in [-0.25, -0.2) is 4.98 Å². The number of fused-ring (bicyclic) bond motifs is 2. The van der Waals surface area contributed by atoms with E-state index in [1.165, 1.54) is 6.20 Å². The van der Waals surface area contributed by atoms with Crippen molar-refractivity contribution in [3.8, 4) is 0 Å². The highest BCUT2D eigenvalue weighted by atomic mass is 79.9. The maximum absolute atomic E-state index is 12.8. The molecule has 1 aliphatic heterocycles. The van der Waals surface area contributed by atoms with Gasteiger partial charge in [-0.15, -0.1) is 0 Å². The summed E-state index contributed by atoms with van der Waals surface area (Å²) >= 11 is 9.27. The van der Waals surface area contributed by atoms with E-state index in [4.69, 9.17) is 11.6 Å². The first-order valence-corrected chi connectivity index (χ1v) is 9.15. The van der Waals surface area contributed by atoms with Crippen LogP contribution >= 0.6 is 27.5 Å². The van der Waals surface area contributed by atoms with Crippen LogP contribution in [-0.2, 0) is 10.2 Å². The molecule has 0 unspecified atom stereocenters. The Balaban J connectivity index is 1.52. The number of nitrogens with zero attached hydrogens (tertiary/aromatic N) is 2. The molecule has 1 aromatic carbocycles. The second-order valence-electron chi connectivity index (χ2n) is 6.54. The minimum atomic E-state index is -0.264. The van der Waals surface area contributed by atoms with E-state index in [1.807, 2.05) is 18.2 Å². The Morgan fingerprint density at radius 2 is 2.12 bits per heavy atom. The molecule has 0 saturated heterocycles. The van der Waals surface area contributed by atoms with Crippen molar-refractivity contribution in [2.45, 2.75) is 18.3 Å². The molecule has 1 aromatic heterocycles. The molecule has 2 amide bonds. The molecule has 1 saturated carbocycles. The Morgan fingerprint density at radius 3 is 2.80 bits per heavy atom. The number of hydrogen-bond acceptors (Lipinski definition) is 3. The third-order valence-corrected chi connectivity index (χ3v) is 5.46. The summed E-state index contributed by atoms with van der Waals surface area (Å²) in [5, 5.41) is 3.21. The fourth-order valence-electron chi connectivity index (χ4n) is 3.35. The Morgan fingerprint density at radius 1 is 1.32 bits per heavy atom. The first kappa shape index (κ1) is 16.5. The predicted molar refractivity (Wildman–Crippen MR) is 98.8 cm³/mol. The molecule has 7 heteroatoms. The number of pyridine rings is 1. The Labute approximate surface area is 158 Å². The number of nitrogens with one attached hydrogen (secondary N) is 1. The number of hydrogen-bond donors (Lipinski definition) is 1. The molecule has 5 nitrogen and oxygen atoms in total. The van der Waals surface area contributed by atoms with Gasteiger partial charge < -0.3 is 10.2 Å². The van der Waals surface area contributed by atoms with Crippen molar-refractivity contribution >= 4 is 45.2 Å². The van der Waals surface area contributed by atoms with Crippen LogP contribution in [0.2, 0.25) is 5.02 Å². The lowest BCUT2D eigenvalue weighted by atomic mass is 9.86. The summed E-state index contributed by atoms with van der Waals surface area (Å²) in [5.74, 6) is 0.0584. The SMILES string of the molecule is O=C(CN1CC2(CC2)c2cc(Br)ccc2C1=O)Nc1ccc(Cl)cn1. The fraction of sp³-hybridized carbons (Fsp3) is 0.278. The quantitative estimate of drug-likeness (QED) is 0.825. The second kappa shape index (κ2) is 6.11. The third-order valence-electron chi connectivity index (χ3n) is 4.75. The van der Waals surface area contributed by atoms with Gasteiger partial charge in [0.25, 0.3) is 5.91 Å². The average Bonchev–Trinajstić information content (AvgIpc) is 3.35. The van der Waals surface area contributed by atoms with E-state index < -0.39 is 0 Å². The molecular formula is C18H15BrClN3O2. The molecule has 1 spiro atoms. The lowest BCUT2D eigenvalue weighted by molar-refractivity contribution is -0.117. The van der Waals surface area contributed by atoms with Crippen LogP contribution in [0.3, 0.4) is 0 Å². The van der Waals surface area contributed by atoms with E-state index in [-0.39, 0.29) is 23.8 Å². The van der Waals surface area contributed by atoms with E-state index in [9.17, 15) is 9.59 Å². The van der Waals surface area contributed by atoms with Gasteiger partial charge in [0.1, 0.15) is 12.4 Å². The fourth-order valence-corrected chi connectivity index (χ4v) is 3.82. The number of carbonyl (C=O) groups is 2. The summed E-state index contributed by atoms with van der Waals surface area (Å²) in [4.78, 5) is 30.8. The maximum atomic E-state index is 12.8. The number of aromatic nitrogens is 1. The molecule has 0 bridgehead atoms. The van der Waals surface area contributed by atoms with Gasteiger partial charge in [-0.1, -0.05) is 27.5 Å². The Kier molecular flexibility index (Phi) is 4.04. The van der Waals surface area contributed by atoms with Crippen LogP contribution in [0, 0.1) is 0 Å². The van der Waals surface area contributed by atoms with Crippen molar-refractivity contribution < 1.29 is 9.59 Å². The molecule has 128 valence electrons. The summed E-state index contributed by atoms with van der Waals surface area (Å²) in [7, 11) is 0. The molecule has 0 radical (unpaired) electrons. The van der Waals surface area contributed by atoms with Crippen LogP contribution in [0.5, 0.6) is 0 Å². The van der Waals surface area contributed by atoms with Gasteiger partial charge in [0.15, 0.2) is 0 Å². The molecular weight excluding hydrogens is 406 g/mol. The van der Waals surface area contributed by atoms with Crippen LogP contribution < -0.4 is 5.32 Å². The van der Waals surface area contributed by atoms with E-state index in [0.29, 0.717) is 22.9 Å². The number of anilines is 1. The van der Waals surface area contributed by atoms with Crippen molar-refractivity contribution in [2.75, 3.05) is 18.4 Å². The molecule has 1 fully saturated rings. The summed E-state index contributed by atoms with van der Waals surface area (Å²) < 4.78 is 0.977. The van der Waals surface area contributed by atoms with Crippen molar-refractivity contribution in [2.24, 2.45) is 0 Å². The zero-order chi connectivity index (χ0) is 17.6. The van der Waals surface area contributed by atoms with Gasteiger partial charge >= 0.3 is 0 Å². The van der Waals surface area contributed by atoms with Crippen LogP contribution in [0.4, 0.5) is 5.82 Å². The standard InChI is InChI=1S/C18H15BrClN3O2/c19-11-1-3-13-14(7-11)18(5-6-18)10-23(17(13)25)9-16(24)22-15-4-2-12(20)8-21-15/h1-4,7-8H,5-6,9-10H2,(H,21,22,24). The predicted octanol–water partition coefficient (Wildman–Crippen LogP) is 3.62. The highest BCUT2D eigenvalue weighted by Gasteiger charge is 2.51. The van der Waals surface area contributed by atoms with Gasteiger partial charge in [0.2, 0.25) is 5.91 Å². The summed E-state index contributed by atoms with van der Waals surface area (Å²) in [5.41, 5.74) is 1.80. The number of amides is 2. The minimum absolute atomic E-state index is 0.00578. The van der Waals surface area contributed by atoms with E-state index in [0.717, 1.165) is 22.9 Å². The largest absolute Gasteiger partial charge is 0.328 e. The maximum Gasteiger partial charge on any atom is 0.254 e. The van der Waals surface area contributed by atoms with Crippen LogP contribution in [-0.4, -0.2) is 34.8 Å². The third kappa shape index (κ3) is 3.16. The molecule has 2 aliphatic rings. The lowest BCUT2D eigenvalue weighted by Crippen LogP contribution is -2.46. The summed E-state index contributed by atoms with van der Waals surface area (Å²) in [6.07, 6.45) is 3.55. The molecule has 25 heavy (non-hydrogen) atoms. The zero-order valence-corrected chi connectivity index (χ0v) is 15.6. The van der Waals surface area contributed by atoms with Gasteiger partial charge in [-0.2, -0.15) is 0 Å². The average molecular weight is 421 g/mol. The second-order valence-corrected chi connectivity index (χ2v) is 7.89. The number of rotatable bonds is 3. The monoisotopic (exact) mass is 419 g/mol. The Bertz CT molecular complexity index is 865. The molecule has 4 rings (SSSR count). The van der Waals surface area contributed by atoms with E-state index in [1.54, 1.807) is 17.0 Å². The molecule has 2 heterocycles. The van der Waals surface area contributed by atoms with Gasteiger partial charge in [0.05, 0.1) is 5.02 Å². The highest BCUT2D eigenvalue weighted by molar-refractivity contribution is 9.10. The van der Waals surface area contributed by atoms with Crippen LogP contribution in [0.1, 0.15) is 28.8 Å². The topological polar surface area (TPSA) is 62.3 Å². The van der Waals surface area contributed by atoms with Crippen molar-refractivity contribution in [1.82, 2.24) is 9.88 Å². The minimum Gasteiger partial charge on any atom is -0.328 e. The van der Waals surface area contributed by atoms with Gasteiger partial charge in [0, 0.05) is 28.2 Å². The first-order chi connectivity index (χ1) is 12.0. The van der Waals surface area contributed by atoms with Crippen molar-refractivity contribution in [3.63, 3.8) is 0 Å². The highest BCUT2D eigenvalue weighted by Crippen LogP contribution is 2.52. The van der Waals surface area contributed by atoms with Gasteiger partial charge in [-0.05, 0) is 48.7 Å². The number of carbonyl (C=O) groups excluding carboxylic acids is 2. The van der Waals surface area contributed by atoms with E-state index >= 15 is 0 Å². The normalized spacial score (nSPS) is 17.4. The van der Waals surface area contributed by atoms with Gasteiger partial charge in [-0.3, -0.25) is 9.59 Å². The zero-order valence-electron chi connectivity index (χ0n) is 13.3. The summed E-state index contributed by atoms with van der Waals surface area (Å²) in [6, 6.07) is 9.03. The smallest absolute Gasteiger partial charge is 0.254 e.